The number of amides is 1. The second-order valence-corrected chi connectivity index (χ2v) is 6.11. The van der Waals surface area contributed by atoms with Crippen molar-refractivity contribution in [2.24, 2.45) is 0 Å². The number of nitrogens with one attached hydrogen (secondary N) is 1. The van der Waals surface area contributed by atoms with E-state index >= 15 is 0 Å². The molecule has 1 N–H and O–H groups in total. The molecule has 1 aromatic carbocycles. The highest BCUT2D eigenvalue weighted by molar-refractivity contribution is 6.09. The van der Waals surface area contributed by atoms with E-state index in [1.165, 1.54) is 5.56 Å². The molecule has 0 spiro atoms. The molecule has 2 nitrogen and oxygen atoms in total. The number of carbonyl (C=O) groups excluding carboxylic acids is 1. The lowest BCUT2D eigenvalue weighted by Gasteiger charge is -2.30. The van der Waals surface area contributed by atoms with Gasteiger partial charge in [0.1, 0.15) is 7.85 Å². The molecule has 20 heavy (non-hydrogen) atoms. The van der Waals surface area contributed by atoms with E-state index in [4.69, 9.17) is 0 Å². The van der Waals surface area contributed by atoms with Gasteiger partial charge in [-0.25, -0.2) is 0 Å². The van der Waals surface area contributed by atoms with Gasteiger partial charge in [-0.2, -0.15) is 0 Å². The van der Waals surface area contributed by atoms with E-state index in [2.05, 4.69) is 58.2 Å². The quantitative estimate of drug-likeness (QED) is 0.793. The first kappa shape index (κ1) is 16.8. The molecular weight excluding hydrogens is 245 g/mol. The van der Waals surface area contributed by atoms with E-state index in [1.54, 1.807) is 7.05 Å². The van der Waals surface area contributed by atoms with Crippen molar-refractivity contribution in [3.05, 3.63) is 35.4 Å². The number of likely N-dealkylation sites (N-methyl/N-ethyl adjacent to an activating group) is 1. The van der Waals surface area contributed by atoms with Crippen LogP contribution in [-0.4, -0.2) is 20.8 Å². The Bertz CT molecular complexity index is 451. The lowest BCUT2D eigenvalue weighted by Crippen LogP contribution is -2.40. The maximum atomic E-state index is 12.1. The first-order valence-corrected chi connectivity index (χ1v) is 7.71. The molecule has 0 aliphatic rings. The second-order valence-electron chi connectivity index (χ2n) is 6.11. The van der Waals surface area contributed by atoms with Crippen molar-refractivity contribution in [1.29, 1.82) is 0 Å². The third-order valence-electron chi connectivity index (χ3n) is 5.21. The standard InChI is InChI=1S/C17H28BNO/c1-6-16(3,12-18)13-8-10-14(11-9-13)17(4,7-2)15(20)19-5/h8-11H,6-7,12,18H2,1-5H3,(H,19,20). The fraction of sp³-hybridized carbons (Fsp3) is 0.588. The van der Waals surface area contributed by atoms with Gasteiger partial charge in [0.2, 0.25) is 5.91 Å². The molecule has 2 unspecified atom stereocenters. The minimum Gasteiger partial charge on any atom is -0.358 e. The molecule has 0 aliphatic carbocycles. The average Bonchev–Trinajstić information content (AvgIpc) is 2.52. The topological polar surface area (TPSA) is 29.1 Å². The Labute approximate surface area is 124 Å². The van der Waals surface area contributed by atoms with Gasteiger partial charge in [-0.15, -0.1) is 0 Å². The van der Waals surface area contributed by atoms with Crippen molar-refractivity contribution in [2.45, 2.75) is 57.7 Å². The van der Waals surface area contributed by atoms with Crippen molar-refractivity contribution >= 4 is 13.8 Å². The third-order valence-corrected chi connectivity index (χ3v) is 5.21. The summed E-state index contributed by atoms with van der Waals surface area (Å²) < 4.78 is 0. The van der Waals surface area contributed by atoms with Crippen LogP contribution in [0.4, 0.5) is 0 Å². The molecule has 110 valence electrons. The van der Waals surface area contributed by atoms with Gasteiger partial charge in [-0.1, -0.05) is 51.4 Å². The molecule has 0 fully saturated rings. The molecule has 0 heterocycles. The lowest BCUT2D eigenvalue weighted by atomic mass is 9.70. The van der Waals surface area contributed by atoms with E-state index in [0.717, 1.165) is 24.7 Å². The largest absolute Gasteiger partial charge is 0.358 e. The molecule has 0 aliphatic heterocycles. The minimum atomic E-state index is -0.442. The SMILES string of the molecule is BCC(C)(CC)c1ccc(C(C)(CC)C(=O)NC)cc1. The summed E-state index contributed by atoms with van der Waals surface area (Å²) >= 11 is 0. The molecule has 1 amide bonds. The molecule has 0 saturated carbocycles. The Balaban J connectivity index is 3.16. The normalized spacial score (nSPS) is 17.1. The first-order valence-electron chi connectivity index (χ1n) is 7.71. The number of hydrogen-bond acceptors (Lipinski definition) is 1. The zero-order valence-electron chi connectivity index (χ0n) is 13.8. The van der Waals surface area contributed by atoms with Gasteiger partial charge < -0.3 is 5.32 Å². The Morgan fingerprint density at radius 2 is 1.60 bits per heavy atom. The summed E-state index contributed by atoms with van der Waals surface area (Å²) in [6.45, 7) is 8.61. The number of hydrogen-bond donors (Lipinski definition) is 1. The third kappa shape index (κ3) is 2.92. The van der Waals surface area contributed by atoms with Gasteiger partial charge in [0, 0.05) is 7.05 Å². The van der Waals surface area contributed by atoms with E-state index < -0.39 is 5.41 Å². The van der Waals surface area contributed by atoms with E-state index in [1.807, 2.05) is 6.92 Å². The van der Waals surface area contributed by atoms with Crippen molar-refractivity contribution in [1.82, 2.24) is 5.32 Å². The Morgan fingerprint density at radius 3 is 1.95 bits per heavy atom. The molecule has 2 atom stereocenters. The molecule has 0 bridgehead atoms. The Morgan fingerprint density at radius 1 is 1.10 bits per heavy atom. The summed E-state index contributed by atoms with van der Waals surface area (Å²) in [7, 11) is 3.94. The van der Waals surface area contributed by atoms with Crippen molar-refractivity contribution in [3.63, 3.8) is 0 Å². The first-order chi connectivity index (χ1) is 9.37. The van der Waals surface area contributed by atoms with Crippen molar-refractivity contribution in [2.75, 3.05) is 7.05 Å². The summed E-state index contributed by atoms with van der Waals surface area (Å²) in [5.74, 6) is 0.0847. The second kappa shape index (κ2) is 6.47. The van der Waals surface area contributed by atoms with Crippen LogP contribution in [0.5, 0.6) is 0 Å². The van der Waals surface area contributed by atoms with Crippen LogP contribution in [0.3, 0.4) is 0 Å². The fourth-order valence-corrected chi connectivity index (χ4v) is 2.67. The predicted molar refractivity (Wildman–Crippen MR) is 89.1 cm³/mol. The van der Waals surface area contributed by atoms with Crippen LogP contribution in [0, 0.1) is 0 Å². The number of carbonyl (C=O) groups is 1. The maximum absolute atomic E-state index is 12.1. The lowest BCUT2D eigenvalue weighted by molar-refractivity contribution is -0.125. The van der Waals surface area contributed by atoms with Gasteiger partial charge in [0.15, 0.2) is 0 Å². The van der Waals surface area contributed by atoms with Crippen LogP contribution < -0.4 is 5.32 Å². The Hall–Kier alpha value is -1.25. The zero-order chi connectivity index (χ0) is 15.4. The maximum Gasteiger partial charge on any atom is 0.230 e. The molecule has 0 radical (unpaired) electrons. The smallest absolute Gasteiger partial charge is 0.230 e. The van der Waals surface area contributed by atoms with Gasteiger partial charge in [0.05, 0.1) is 5.41 Å². The van der Waals surface area contributed by atoms with Crippen LogP contribution in [0.1, 0.15) is 51.7 Å². The summed E-state index contributed by atoms with van der Waals surface area (Å²) in [5.41, 5.74) is 2.25. The van der Waals surface area contributed by atoms with E-state index in [0.29, 0.717) is 0 Å². The highest BCUT2D eigenvalue weighted by Crippen LogP contribution is 2.33. The van der Waals surface area contributed by atoms with E-state index in [9.17, 15) is 4.79 Å². The van der Waals surface area contributed by atoms with E-state index in [-0.39, 0.29) is 11.3 Å². The molecule has 0 saturated heterocycles. The predicted octanol–water partition coefficient (Wildman–Crippen LogP) is 2.82. The van der Waals surface area contributed by atoms with Crippen LogP contribution in [0.15, 0.2) is 24.3 Å². The van der Waals surface area contributed by atoms with Crippen LogP contribution >= 0.6 is 0 Å². The highest BCUT2D eigenvalue weighted by atomic mass is 16.2. The van der Waals surface area contributed by atoms with Crippen LogP contribution in [0.25, 0.3) is 0 Å². The van der Waals surface area contributed by atoms with Gasteiger partial charge in [0.25, 0.3) is 0 Å². The molecular formula is C17H28BNO. The van der Waals surface area contributed by atoms with Crippen molar-refractivity contribution in [3.8, 4) is 0 Å². The van der Waals surface area contributed by atoms with Gasteiger partial charge in [-0.05, 0) is 36.3 Å². The molecule has 0 aromatic heterocycles. The number of rotatable bonds is 6. The summed E-state index contributed by atoms with van der Waals surface area (Å²) in [6.07, 6.45) is 3.05. The zero-order valence-corrected chi connectivity index (χ0v) is 13.8. The average molecular weight is 273 g/mol. The van der Waals surface area contributed by atoms with Crippen molar-refractivity contribution < 1.29 is 4.79 Å². The molecule has 3 heteroatoms. The monoisotopic (exact) mass is 273 g/mol. The van der Waals surface area contributed by atoms with Crippen LogP contribution in [0.2, 0.25) is 6.32 Å². The number of benzene rings is 1. The summed E-state index contributed by atoms with van der Waals surface area (Å²) in [5, 5.41) is 2.78. The molecule has 1 aromatic rings. The van der Waals surface area contributed by atoms with Gasteiger partial charge in [-0.3, -0.25) is 4.79 Å². The highest BCUT2D eigenvalue weighted by Gasteiger charge is 2.33. The van der Waals surface area contributed by atoms with Crippen LogP contribution in [-0.2, 0) is 15.6 Å². The van der Waals surface area contributed by atoms with Gasteiger partial charge >= 0.3 is 0 Å². The summed E-state index contributed by atoms with van der Waals surface area (Å²) in [6, 6.07) is 8.63. The fourth-order valence-electron chi connectivity index (χ4n) is 2.67. The summed E-state index contributed by atoms with van der Waals surface area (Å²) in [4.78, 5) is 12.1. The minimum absolute atomic E-state index is 0.0847. The molecule has 1 rings (SSSR count). The Kier molecular flexibility index (Phi) is 5.44.